The largest absolute Gasteiger partial charge is 0.445 e. The number of anilines is 1. The molecule has 1 heterocycles. The maximum absolute atomic E-state index is 12.1. The van der Waals surface area contributed by atoms with E-state index in [4.69, 9.17) is 14.2 Å². The third-order valence-corrected chi connectivity index (χ3v) is 7.27. The summed E-state index contributed by atoms with van der Waals surface area (Å²) in [7, 11) is 2.11. The molecule has 5 atom stereocenters. The van der Waals surface area contributed by atoms with Gasteiger partial charge in [-0.25, -0.2) is 4.79 Å². The van der Waals surface area contributed by atoms with Crippen molar-refractivity contribution in [2.24, 2.45) is 5.92 Å². The minimum atomic E-state index is -0.639. The third kappa shape index (κ3) is 7.34. The molecule has 1 saturated heterocycles. The maximum atomic E-state index is 12.1. The number of benzene rings is 3. The van der Waals surface area contributed by atoms with Crippen molar-refractivity contribution in [1.29, 1.82) is 0 Å². The first-order valence-corrected chi connectivity index (χ1v) is 13.3. The van der Waals surface area contributed by atoms with Gasteiger partial charge in [-0.1, -0.05) is 86.3 Å². The van der Waals surface area contributed by atoms with E-state index in [1.54, 1.807) is 6.07 Å². The number of carbonyl (C=O) groups is 1. The third-order valence-electron chi connectivity index (χ3n) is 7.27. The van der Waals surface area contributed by atoms with Crippen LogP contribution in [0.4, 0.5) is 10.5 Å². The van der Waals surface area contributed by atoms with Gasteiger partial charge in [0.1, 0.15) is 6.61 Å². The number of hydrogen-bond donors (Lipinski definition) is 2. The van der Waals surface area contributed by atoms with E-state index in [2.05, 4.69) is 62.0 Å². The minimum absolute atomic E-state index is 0.00703. The average molecular weight is 531 g/mol. The Kier molecular flexibility index (Phi) is 9.90. The Labute approximate surface area is 231 Å². The van der Waals surface area contributed by atoms with Crippen molar-refractivity contribution >= 4 is 11.8 Å². The minimum Gasteiger partial charge on any atom is -0.445 e. The van der Waals surface area contributed by atoms with Crippen molar-refractivity contribution in [3.05, 3.63) is 114 Å². The molecule has 39 heavy (non-hydrogen) atoms. The fourth-order valence-corrected chi connectivity index (χ4v) is 4.81. The maximum Gasteiger partial charge on any atom is 0.411 e. The lowest BCUT2D eigenvalue weighted by atomic mass is 9.89. The van der Waals surface area contributed by atoms with Gasteiger partial charge in [0, 0.05) is 29.8 Å². The number of carbonyl (C=O) groups excluding carboxylic acids is 1. The van der Waals surface area contributed by atoms with Crippen LogP contribution < -0.4 is 5.32 Å². The molecule has 0 spiro atoms. The molecule has 1 aliphatic rings. The molecule has 1 amide bonds. The summed E-state index contributed by atoms with van der Waals surface area (Å²) in [6, 6.07) is 25.9. The molecule has 1 fully saturated rings. The molecule has 3 aromatic carbocycles. The molecule has 2 N–H and O–H groups in total. The molecule has 7 nitrogen and oxygen atoms in total. The molecule has 206 valence electrons. The quantitative estimate of drug-likeness (QED) is 0.295. The van der Waals surface area contributed by atoms with Gasteiger partial charge in [-0.05, 0) is 42.8 Å². The highest BCUT2D eigenvalue weighted by molar-refractivity contribution is 5.84. The number of nitrogens with zero attached hydrogens (tertiary/aromatic N) is 1. The van der Waals surface area contributed by atoms with Crippen LogP contribution >= 0.6 is 0 Å². The lowest BCUT2D eigenvalue weighted by Gasteiger charge is -2.43. The molecule has 0 aliphatic carbocycles. The molecule has 0 unspecified atom stereocenters. The van der Waals surface area contributed by atoms with Crippen molar-refractivity contribution in [3.63, 3.8) is 0 Å². The van der Waals surface area contributed by atoms with Crippen LogP contribution in [0.25, 0.3) is 0 Å². The lowest BCUT2D eigenvalue weighted by Crippen LogP contribution is -2.44. The second kappa shape index (κ2) is 13.5. The Morgan fingerprint density at radius 1 is 1.08 bits per heavy atom. The topological polar surface area (TPSA) is 80.3 Å². The second-order valence-electron chi connectivity index (χ2n) is 9.99. The fourth-order valence-electron chi connectivity index (χ4n) is 4.81. The lowest BCUT2D eigenvalue weighted by molar-refractivity contribution is -0.276. The number of aliphatic hydroxyl groups excluding tert-OH is 1. The van der Waals surface area contributed by atoms with Gasteiger partial charge in [0.2, 0.25) is 0 Å². The molecule has 0 radical (unpaired) electrons. The van der Waals surface area contributed by atoms with Crippen molar-refractivity contribution < 1.29 is 24.1 Å². The van der Waals surface area contributed by atoms with Crippen molar-refractivity contribution in [2.45, 2.75) is 45.0 Å². The standard InChI is InChI=1S/C32H38N2O5/c1-5-18-37-32(36)33-28-13-9-12-27(19-28)31-38-29(20-34(4)23(3)25-10-7-6-8-11-25)22(2)30(39-31)26-16-14-24(21-35)15-17-26/h5-17,19,22-23,29-31,35H,1,18,20-21H2,2-4H3,(H,33,36)/t22-,23-,29+,30+,31+/m0/s1. The van der Waals surface area contributed by atoms with E-state index in [0.717, 1.165) is 16.7 Å². The van der Waals surface area contributed by atoms with E-state index < -0.39 is 12.4 Å². The first-order valence-electron chi connectivity index (χ1n) is 13.3. The highest BCUT2D eigenvalue weighted by Gasteiger charge is 2.39. The summed E-state index contributed by atoms with van der Waals surface area (Å²) in [5, 5.41) is 12.2. The highest BCUT2D eigenvalue weighted by Crippen LogP contribution is 2.42. The smallest absolute Gasteiger partial charge is 0.411 e. The molecule has 3 aromatic rings. The first kappa shape index (κ1) is 28.5. The SMILES string of the molecule is C=CCOC(=O)Nc1cccc([C@@H]2O[C@H](CN(C)[C@@H](C)c3ccccc3)[C@H](C)[C@H](c3ccc(CO)cc3)O2)c1. The second-order valence-corrected chi connectivity index (χ2v) is 9.99. The number of ether oxygens (including phenoxy) is 3. The van der Waals surface area contributed by atoms with Crippen LogP contribution in [-0.2, 0) is 20.8 Å². The summed E-state index contributed by atoms with van der Waals surface area (Å²) in [6.07, 6.45) is -0.0283. The van der Waals surface area contributed by atoms with E-state index in [0.29, 0.717) is 12.2 Å². The number of nitrogens with one attached hydrogen (secondary N) is 1. The van der Waals surface area contributed by atoms with Gasteiger partial charge < -0.3 is 19.3 Å². The van der Waals surface area contributed by atoms with Gasteiger partial charge in [0.15, 0.2) is 6.29 Å². The van der Waals surface area contributed by atoms with Crippen LogP contribution in [0.3, 0.4) is 0 Å². The fraction of sp³-hybridized carbons (Fsp3) is 0.344. The van der Waals surface area contributed by atoms with Crippen LogP contribution in [0.2, 0.25) is 0 Å². The van der Waals surface area contributed by atoms with Gasteiger partial charge in [0.25, 0.3) is 0 Å². The predicted molar refractivity (Wildman–Crippen MR) is 152 cm³/mol. The Balaban J connectivity index is 1.58. The van der Waals surface area contributed by atoms with Crippen LogP contribution in [0.15, 0.2) is 91.5 Å². The number of likely N-dealkylation sites (N-methyl/N-ethyl adjacent to an activating group) is 1. The molecule has 0 saturated carbocycles. The number of amides is 1. The molecule has 4 rings (SSSR count). The van der Waals surface area contributed by atoms with Crippen LogP contribution in [0.1, 0.15) is 54.5 Å². The molecule has 1 aliphatic heterocycles. The number of aliphatic hydroxyl groups is 1. The Bertz CT molecular complexity index is 1220. The zero-order chi connectivity index (χ0) is 27.8. The number of hydrogen-bond acceptors (Lipinski definition) is 6. The van der Waals surface area contributed by atoms with Crippen molar-refractivity contribution in [3.8, 4) is 0 Å². The Morgan fingerprint density at radius 2 is 1.82 bits per heavy atom. The van der Waals surface area contributed by atoms with Crippen molar-refractivity contribution in [1.82, 2.24) is 4.90 Å². The average Bonchev–Trinajstić information content (AvgIpc) is 2.97. The van der Waals surface area contributed by atoms with Gasteiger partial charge in [-0.2, -0.15) is 0 Å². The first-order chi connectivity index (χ1) is 18.9. The van der Waals surface area contributed by atoms with E-state index in [1.807, 2.05) is 48.5 Å². The summed E-state index contributed by atoms with van der Waals surface area (Å²) in [4.78, 5) is 14.4. The zero-order valence-electron chi connectivity index (χ0n) is 22.8. The van der Waals surface area contributed by atoms with Gasteiger partial charge in [-0.3, -0.25) is 10.2 Å². The summed E-state index contributed by atoms with van der Waals surface area (Å²) in [5.74, 6) is 0.0573. The predicted octanol–water partition coefficient (Wildman–Crippen LogP) is 6.40. The van der Waals surface area contributed by atoms with Gasteiger partial charge in [-0.15, -0.1) is 0 Å². The highest BCUT2D eigenvalue weighted by atomic mass is 16.7. The monoisotopic (exact) mass is 530 g/mol. The summed E-state index contributed by atoms with van der Waals surface area (Å²) in [5.41, 5.74) is 4.51. The summed E-state index contributed by atoms with van der Waals surface area (Å²) < 4.78 is 18.2. The van der Waals surface area contributed by atoms with Crippen molar-refractivity contribution in [2.75, 3.05) is 25.5 Å². The van der Waals surface area contributed by atoms with Gasteiger partial charge in [0.05, 0.1) is 18.8 Å². The van der Waals surface area contributed by atoms with E-state index in [9.17, 15) is 9.90 Å². The molecule has 7 heteroatoms. The molecular weight excluding hydrogens is 492 g/mol. The Morgan fingerprint density at radius 3 is 2.51 bits per heavy atom. The summed E-state index contributed by atoms with van der Waals surface area (Å²) >= 11 is 0. The van der Waals surface area contributed by atoms with E-state index in [1.165, 1.54) is 11.6 Å². The number of rotatable bonds is 10. The zero-order valence-corrected chi connectivity index (χ0v) is 22.8. The van der Waals surface area contributed by atoms with Crippen LogP contribution in [0, 0.1) is 5.92 Å². The molecule has 0 bridgehead atoms. The van der Waals surface area contributed by atoms with Crippen LogP contribution in [0.5, 0.6) is 0 Å². The normalized spacial score (nSPS) is 21.8. The van der Waals surface area contributed by atoms with E-state index in [-0.39, 0.29) is 37.4 Å². The van der Waals surface area contributed by atoms with Gasteiger partial charge >= 0.3 is 6.09 Å². The summed E-state index contributed by atoms with van der Waals surface area (Å²) in [6.45, 7) is 8.74. The molecular formula is C32H38N2O5. The van der Waals surface area contributed by atoms with E-state index >= 15 is 0 Å². The Hall–Kier alpha value is -3.49. The molecule has 0 aromatic heterocycles. The van der Waals surface area contributed by atoms with Crippen LogP contribution in [-0.4, -0.2) is 42.4 Å².